The lowest BCUT2D eigenvalue weighted by atomic mass is 9.85. The predicted molar refractivity (Wildman–Crippen MR) is 131 cm³/mol. The van der Waals surface area contributed by atoms with Gasteiger partial charge < -0.3 is 15.5 Å². The molecule has 0 spiro atoms. The summed E-state index contributed by atoms with van der Waals surface area (Å²) in [4.78, 5) is 39.2. The Bertz CT molecular complexity index is 1240. The number of aromatic nitrogens is 2. The summed E-state index contributed by atoms with van der Waals surface area (Å²) in [5.41, 5.74) is 7.70. The van der Waals surface area contributed by atoms with Gasteiger partial charge in [0, 0.05) is 22.9 Å². The minimum absolute atomic E-state index is 0.0136. The molecule has 0 bridgehead atoms. The van der Waals surface area contributed by atoms with E-state index in [0.717, 1.165) is 47.0 Å². The Morgan fingerprint density at radius 2 is 2.00 bits per heavy atom. The fourth-order valence-electron chi connectivity index (χ4n) is 4.89. The summed E-state index contributed by atoms with van der Waals surface area (Å²) in [5, 5.41) is 0.803. The van der Waals surface area contributed by atoms with Crippen LogP contribution in [0.4, 0.5) is 5.82 Å². The van der Waals surface area contributed by atoms with Crippen LogP contribution in [0.1, 0.15) is 36.1 Å². The molecule has 33 heavy (non-hydrogen) atoms. The van der Waals surface area contributed by atoms with Gasteiger partial charge in [-0.25, -0.2) is 9.97 Å². The van der Waals surface area contributed by atoms with E-state index in [-0.39, 0.29) is 30.4 Å². The molecule has 2 N–H and O–H groups in total. The van der Waals surface area contributed by atoms with Crippen LogP contribution in [0.3, 0.4) is 0 Å². The highest BCUT2D eigenvalue weighted by molar-refractivity contribution is 7.17. The number of carbonyl (C=O) groups excluding carboxylic acids is 2. The third-order valence-corrected chi connectivity index (χ3v) is 7.67. The van der Waals surface area contributed by atoms with Gasteiger partial charge in [0.2, 0.25) is 11.8 Å². The summed E-state index contributed by atoms with van der Waals surface area (Å²) >= 11 is 7.40. The number of benzene rings is 1. The summed E-state index contributed by atoms with van der Waals surface area (Å²) < 4.78 is 0.682. The first-order chi connectivity index (χ1) is 16.0. The van der Waals surface area contributed by atoms with Crippen molar-refractivity contribution < 1.29 is 9.59 Å². The van der Waals surface area contributed by atoms with Crippen LogP contribution in [0.15, 0.2) is 42.7 Å². The summed E-state index contributed by atoms with van der Waals surface area (Å²) in [6.45, 7) is 0.587. The molecule has 3 heterocycles. The van der Waals surface area contributed by atoms with Crippen molar-refractivity contribution in [1.82, 2.24) is 19.8 Å². The molecule has 2 atom stereocenters. The Morgan fingerprint density at radius 3 is 2.79 bits per heavy atom. The molecule has 2 amide bonds. The van der Waals surface area contributed by atoms with Crippen LogP contribution in [0.25, 0.3) is 17.0 Å². The van der Waals surface area contributed by atoms with E-state index >= 15 is 0 Å². The van der Waals surface area contributed by atoms with E-state index < -0.39 is 0 Å². The van der Waals surface area contributed by atoms with Crippen LogP contribution in [0, 0.1) is 0 Å². The molecule has 2 fully saturated rings. The molecule has 3 aromatic rings. The lowest BCUT2D eigenvalue weighted by molar-refractivity contribution is -0.154. The molecule has 5 rings (SSSR count). The fourth-order valence-corrected chi connectivity index (χ4v) is 5.85. The van der Waals surface area contributed by atoms with Crippen LogP contribution in [-0.2, 0) is 16.1 Å². The Morgan fingerprint density at radius 1 is 1.18 bits per heavy atom. The zero-order valence-electron chi connectivity index (χ0n) is 18.0. The second kappa shape index (κ2) is 9.11. The van der Waals surface area contributed by atoms with Gasteiger partial charge in [0.25, 0.3) is 0 Å². The number of nitrogens with zero attached hydrogens (tertiary/aromatic N) is 4. The molecule has 2 unspecified atom stereocenters. The molecule has 1 saturated heterocycles. The Labute approximate surface area is 200 Å². The number of hydrogen-bond donors (Lipinski definition) is 1. The average Bonchev–Trinajstić information content (AvgIpc) is 3.24. The number of nitrogens with two attached hydrogens (primary N) is 1. The molecule has 1 aliphatic heterocycles. The number of hydrogen-bond acceptors (Lipinski definition) is 6. The van der Waals surface area contributed by atoms with Crippen LogP contribution in [0.5, 0.6) is 0 Å². The highest BCUT2D eigenvalue weighted by Gasteiger charge is 2.43. The van der Waals surface area contributed by atoms with Crippen LogP contribution < -0.4 is 5.73 Å². The van der Waals surface area contributed by atoms with E-state index in [9.17, 15) is 9.59 Å². The lowest BCUT2D eigenvalue weighted by Crippen LogP contribution is -2.63. The molecular weight excluding hydrogens is 458 g/mol. The minimum atomic E-state index is -0.123. The zero-order valence-corrected chi connectivity index (χ0v) is 19.6. The van der Waals surface area contributed by atoms with Crippen molar-refractivity contribution in [1.29, 1.82) is 0 Å². The second-order valence-corrected chi connectivity index (χ2v) is 10.2. The average molecular weight is 482 g/mol. The number of fused-ring (bicyclic) bond motifs is 2. The van der Waals surface area contributed by atoms with Crippen molar-refractivity contribution >= 4 is 57.5 Å². The van der Waals surface area contributed by atoms with E-state index in [0.29, 0.717) is 16.7 Å². The highest BCUT2D eigenvalue weighted by Crippen LogP contribution is 2.33. The number of rotatable bonds is 4. The SMILES string of the molecule is Nc1ncnc2cc(CN3C(=O)CN(C(=O)C=Cc4ccc(Cl)s4)C4CCCCC43)ccc12. The van der Waals surface area contributed by atoms with Crippen LogP contribution in [0.2, 0.25) is 4.34 Å². The number of nitrogen functional groups attached to an aromatic ring is 1. The van der Waals surface area contributed by atoms with E-state index in [1.807, 2.05) is 35.2 Å². The third-order valence-electron chi connectivity index (χ3n) is 6.47. The van der Waals surface area contributed by atoms with Crippen molar-refractivity contribution in [2.24, 2.45) is 0 Å². The van der Waals surface area contributed by atoms with Crippen LogP contribution in [-0.4, -0.2) is 50.2 Å². The third kappa shape index (κ3) is 4.45. The van der Waals surface area contributed by atoms with Crippen LogP contribution >= 0.6 is 22.9 Å². The summed E-state index contributed by atoms with van der Waals surface area (Å²) in [6, 6.07) is 9.57. The first kappa shape index (κ1) is 21.9. The maximum absolute atomic E-state index is 13.2. The molecule has 1 aromatic carbocycles. The van der Waals surface area contributed by atoms with Gasteiger partial charge in [0.05, 0.1) is 21.9 Å². The van der Waals surface area contributed by atoms with Gasteiger partial charge in [-0.15, -0.1) is 11.3 Å². The van der Waals surface area contributed by atoms with E-state index in [2.05, 4.69) is 9.97 Å². The van der Waals surface area contributed by atoms with Crippen molar-refractivity contribution in [2.45, 2.75) is 44.3 Å². The number of carbonyl (C=O) groups is 2. The maximum atomic E-state index is 13.2. The fraction of sp³-hybridized carbons (Fsp3) is 0.333. The predicted octanol–water partition coefficient (Wildman–Crippen LogP) is 4.12. The Balaban J connectivity index is 1.36. The van der Waals surface area contributed by atoms with Crippen molar-refractivity contribution in [3.63, 3.8) is 0 Å². The molecule has 1 aliphatic carbocycles. The zero-order chi connectivity index (χ0) is 22.9. The number of anilines is 1. The normalized spacial score (nSPS) is 21.1. The minimum Gasteiger partial charge on any atom is -0.383 e. The summed E-state index contributed by atoms with van der Waals surface area (Å²) in [5.74, 6) is 0.295. The van der Waals surface area contributed by atoms with Gasteiger partial charge in [-0.3, -0.25) is 9.59 Å². The number of piperazine rings is 1. The maximum Gasteiger partial charge on any atom is 0.247 e. The topological polar surface area (TPSA) is 92.4 Å². The van der Waals surface area contributed by atoms with Gasteiger partial charge in [-0.05, 0) is 48.7 Å². The molecule has 170 valence electrons. The van der Waals surface area contributed by atoms with E-state index in [1.54, 1.807) is 17.1 Å². The van der Waals surface area contributed by atoms with E-state index in [1.165, 1.54) is 17.7 Å². The number of thiophene rings is 1. The van der Waals surface area contributed by atoms with Gasteiger partial charge in [-0.1, -0.05) is 30.5 Å². The van der Waals surface area contributed by atoms with Gasteiger partial charge in [0.1, 0.15) is 18.7 Å². The lowest BCUT2D eigenvalue weighted by Gasteiger charge is -2.49. The van der Waals surface area contributed by atoms with Gasteiger partial charge >= 0.3 is 0 Å². The Kier molecular flexibility index (Phi) is 6.03. The van der Waals surface area contributed by atoms with Crippen molar-refractivity contribution in [3.8, 4) is 0 Å². The first-order valence-corrected chi connectivity index (χ1v) is 12.2. The molecule has 0 radical (unpaired) electrons. The second-order valence-electron chi connectivity index (χ2n) is 8.49. The smallest absolute Gasteiger partial charge is 0.247 e. The molecule has 1 saturated carbocycles. The molecular formula is C24H24ClN5O2S. The number of amides is 2. The molecule has 2 aliphatic rings. The largest absolute Gasteiger partial charge is 0.383 e. The summed E-state index contributed by atoms with van der Waals surface area (Å²) in [6.07, 6.45) is 8.70. The Hall–Kier alpha value is -2.97. The van der Waals surface area contributed by atoms with Gasteiger partial charge in [0.15, 0.2) is 0 Å². The standard InChI is InChI=1S/C24H24ClN5O2S/c25-21-9-6-16(33-21)7-10-22(31)30-13-23(32)29(19-3-1-2-4-20(19)30)12-15-5-8-17-18(11-15)27-14-28-24(17)26/h5-11,14,19-20H,1-4,12-13H2,(H2,26,27,28). The van der Waals surface area contributed by atoms with Crippen molar-refractivity contribution in [3.05, 3.63) is 57.5 Å². The monoisotopic (exact) mass is 481 g/mol. The number of halogens is 1. The quantitative estimate of drug-likeness (QED) is 0.566. The van der Waals surface area contributed by atoms with Crippen molar-refractivity contribution in [2.75, 3.05) is 12.3 Å². The molecule has 2 aromatic heterocycles. The van der Waals surface area contributed by atoms with E-state index in [4.69, 9.17) is 17.3 Å². The van der Waals surface area contributed by atoms with Gasteiger partial charge in [-0.2, -0.15) is 0 Å². The molecule has 7 nitrogen and oxygen atoms in total. The highest BCUT2D eigenvalue weighted by atomic mass is 35.5. The first-order valence-electron chi connectivity index (χ1n) is 11.0. The molecule has 9 heteroatoms. The summed E-state index contributed by atoms with van der Waals surface area (Å²) in [7, 11) is 0.